The molecule has 5 rings (SSSR count). The van der Waals surface area contributed by atoms with Gasteiger partial charge in [0.2, 0.25) is 5.75 Å². The van der Waals surface area contributed by atoms with Crippen molar-refractivity contribution in [1.29, 1.82) is 0 Å². The molecule has 0 N–H and O–H groups in total. The number of rotatable bonds is 5. The number of hydrogen-bond acceptors (Lipinski definition) is 6. The normalized spacial score (nSPS) is 22.8. The fraction of sp³-hybridized carbons (Fsp3) is 0.500. The summed E-state index contributed by atoms with van der Waals surface area (Å²) < 4.78 is 16.8. The minimum absolute atomic E-state index is 0.582. The molecule has 0 bridgehead atoms. The predicted molar refractivity (Wildman–Crippen MR) is 122 cm³/mol. The van der Waals surface area contributed by atoms with Crippen molar-refractivity contribution in [3.63, 3.8) is 0 Å². The van der Waals surface area contributed by atoms with Crippen molar-refractivity contribution in [2.24, 2.45) is 0 Å². The van der Waals surface area contributed by atoms with E-state index in [0.29, 0.717) is 23.5 Å². The zero-order valence-corrected chi connectivity index (χ0v) is 18.8. The summed E-state index contributed by atoms with van der Waals surface area (Å²) in [6.07, 6.45) is 2.48. The lowest BCUT2D eigenvalue weighted by Gasteiger charge is -2.39. The number of para-hydroxylation sites is 1. The standard InChI is InChI=1S/C24H30N2O3S/c1-27-20-9-8-16(23(28-2)24(20)29-3)14-25-12-10-19-18(15-25)17-6-4-7-21-22(17)26(19)11-5-13-30-21/h4,6-9,18-19H,5,10-15H2,1-3H3/t18-,19-/m1/s1. The van der Waals surface area contributed by atoms with Crippen LogP contribution in [-0.4, -0.2) is 57.7 Å². The topological polar surface area (TPSA) is 34.2 Å². The molecular weight excluding hydrogens is 396 g/mol. The maximum absolute atomic E-state index is 5.72. The number of thioether (sulfide) groups is 1. The number of anilines is 1. The Morgan fingerprint density at radius 2 is 1.87 bits per heavy atom. The number of hydrogen-bond donors (Lipinski definition) is 0. The number of ether oxygens (including phenoxy) is 3. The van der Waals surface area contributed by atoms with E-state index in [9.17, 15) is 0 Å². The van der Waals surface area contributed by atoms with E-state index in [1.54, 1.807) is 26.9 Å². The third-order valence-electron chi connectivity index (χ3n) is 6.76. The first-order valence-electron chi connectivity index (χ1n) is 10.8. The minimum atomic E-state index is 0.582. The molecule has 160 valence electrons. The van der Waals surface area contributed by atoms with Gasteiger partial charge in [0, 0.05) is 48.6 Å². The van der Waals surface area contributed by atoms with E-state index in [4.69, 9.17) is 14.2 Å². The minimum Gasteiger partial charge on any atom is -0.493 e. The van der Waals surface area contributed by atoms with Crippen LogP contribution in [0.3, 0.4) is 0 Å². The monoisotopic (exact) mass is 426 g/mol. The molecular formula is C24H30N2O3S. The van der Waals surface area contributed by atoms with Gasteiger partial charge in [0.1, 0.15) is 0 Å². The summed E-state index contributed by atoms with van der Waals surface area (Å²) in [4.78, 5) is 6.78. The number of piperidine rings is 1. The molecule has 3 heterocycles. The highest BCUT2D eigenvalue weighted by molar-refractivity contribution is 7.99. The molecule has 5 nitrogen and oxygen atoms in total. The predicted octanol–water partition coefficient (Wildman–Crippen LogP) is 4.39. The Morgan fingerprint density at radius 1 is 1.00 bits per heavy atom. The van der Waals surface area contributed by atoms with E-state index in [-0.39, 0.29) is 0 Å². The van der Waals surface area contributed by atoms with Crippen LogP contribution in [0.5, 0.6) is 17.2 Å². The summed E-state index contributed by atoms with van der Waals surface area (Å²) in [7, 11) is 5.03. The largest absolute Gasteiger partial charge is 0.493 e. The zero-order valence-electron chi connectivity index (χ0n) is 18.0. The third kappa shape index (κ3) is 3.21. The van der Waals surface area contributed by atoms with E-state index >= 15 is 0 Å². The van der Waals surface area contributed by atoms with Gasteiger partial charge in [0.05, 0.1) is 27.0 Å². The summed E-state index contributed by atoms with van der Waals surface area (Å²) in [6.45, 7) is 4.24. The lowest BCUT2D eigenvalue weighted by molar-refractivity contribution is 0.183. The molecule has 0 spiro atoms. The van der Waals surface area contributed by atoms with Crippen molar-refractivity contribution in [1.82, 2.24) is 4.90 Å². The molecule has 2 aromatic rings. The van der Waals surface area contributed by atoms with Crippen LogP contribution in [0, 0.1) is 0 Å². The second kappa shape index (κ2) is 8.23. The van der Waals surface area contributed by atoms with Gasteiger partial charge in [-0.25, -0.2) is 0 Å². The molecule has 1 fully saturated rings. The van der Waals surface area contributed by atoms with Crippen molar-refractivity contribution in [3.05, 3.63) is 41.5 Å². The van der Waals surface area contributed by atoms with E-state index < -0.39 is 0 Å². The van der Waals surface area contributed by atoms with Crippen molar-refractivity contribution < 1.29 is 14.2 Å². The molecule has 3 aliphatic heterocycles. The molecule has 6 heteroatoms. The average molecular weight is 427 g/mol. The van der Waals surface area contributed by atoms with Crippen LogP contribution in [0.4, 0.5) is 5.69 Å². The average Bonchev–Trinajstić information content (AvgIpc) is 2.93. The number of likely N-dealkylation sites (tertiary alicyclic amines) is 1. The number of fused-ring (bicyclic) bond motifs is 3. The molecule has 3 aliphatic rings. The summed E-state index contributed by atoms with van der Waals surface area (Å²) in [6, 6.07) is 11.7. The smallest absolute Gasteiger partial charge is 0.203 e. The van der Waals surface area contributed by atoms with E-state index in [2.05, 4.69) is 34.1 Å². The number of nitrogens with zero attached hydrogens (tertiary/aromatic N) is 2. The summed E-state index contributed by atoms with van der Waals surface area (Å²) in [5.74, 6) is 3.97. The Labute approximate surface area is 183 Å². The Balaban J connectivity index is 1.41. The van der Waals surface area contributed by atoms with Gasteiger partial charge < -0.3 is 19.1 Å². The van der Waals surface area contributed by atoms with Crippen LogP contribution in [0.25, 0.3) is 0 Å². The van der Waals surface area contributed by atoms with Crippen LogP contribution in [0.2, 0.25) is 0 Å². The van der Waals surface area contributed by atoms with Gasteiger partial charge in [0.25, 0.3) is 0 Å². The highest BCUT2D eigenvalue weighted by atomic mass is 32.2. The molecule has 2 aromatic carbocycles. The maximum atomic E-state index is 5.72. The first-order valence-corrected chi connectivity index (χ1v) is 11.8. The SMILES string of the molecule is COc1ccc(CN2CC[C@@H]3[C@H](C2)c2cccc4c2N3CCCS4)c(OC)c1OC. The van der Waals surface area contributed by atoms with E-state index in [1.165, 1.54) is 35.7 Å². The third-order valence-corrected chi connectivity index (χ3v) is 7.89. The molecule has 0 unspecified atom stereocenters. The molecule has 0 saturated carbocycles. The van der Waals surface area contributed by atoms with Crippen LogP contribution in [0.1, 0.15) is 29.9 Å². The van der Waals surface area contributed by atoms with Crippen molar-refractivity contribution in [2.45, 2.75) is 36.2 Å². The Bertz CT molecular complexity index is 935. The van der Waals surface area contributed by atoms with Crippen molar-refractivity contribution >= 4 is 17.4 Å². The fourth-order valence-corrected chi connectivity index (χ4v) is 6.52. The van der Waals surface area contributed by atoms with Crippen molar-refractivity contribution in [2.75, 3.05) is 51.6 Å². The lowest BCUT2D eigenvalue weighted by atomic mass is 9.89. The van der Waals surface area contributed by atoms with Gasteiger partial charge in [-0.1, -0.05) is 18.2 Å². The van der Waals surface area contributed by atoms with Gasteiger partial charge in [-0.3, -0.25) is 4.90 Å². The Morgan fingerprint density at radius 3 is 2.67 bits per heavy atom. The zero-order chi connectivity index (χ0) is 20.7. The molecule has 0 radical (unpaired) electrons. The van der Waals surface area contributed by atoms with Gasteiger partial charge in [-0.2, -0.15) is 0 Å². The van der Waals surface area contributed by atoms with Crippen molar-refractivity contribution in [3.8, 4) is 17.2 Å². The lowest BCUT2D eigenvalue weighted by Crippen LogP contribution is -2.46. The molecule has 30 heavy (non-hydrogen) atoms. The van der Waals surface area contributed by atoms with Gasteiger partial charge in [0.15, 0.2) is 11.5 Å². The molecule has 2 atom stereocenters. The quantitative estimate of drug-likeness (QED) is 0.706. The van der Waals surface area contributed by atoms with E-state index in [0.717, 1.165) is 30.9 Å². The van der Waals surface area contributed by atoms with Gasteiger partial charge in [-0.15, -0.1) is 11.8 Å². The van der Waals surface area contributed by atoms with Crippen LogP contribution in [0.15, 0.2) is 35.2 Å². The molecule has 0 aromatic heterocycles. The highest BCUT2D eigenvalue weighted by Gasteiger charge is 2.43. The molecule has 1 saturated heterocycles. The second-order valence-corrected chi connectivity index (χ2v) is 9.42. The Hall–Kier alpha value is -2.05. The fourth-order valence-electron chi connectivity index (χ4n) is 5.48. The van der Waals surface area contributed by atoms with Crippen LogP contribution >= 0.6 is 11.8 Å². The second-order valence-electron chi connectivity index (χ2n) is 8.28. The number of methoxy groups -OCH3 is 3. The molecule has 0 aliphatic carbocycles. The summed E-state index contributed by atoms with van der Waals surface area (Å²) in [5, 5.41) is 0. The first kappa shape index (κ1) is 19.9. The van der Waals surface area contributed by atoms with E-state index in [1.807, 2.05) is 17.8 Å². The summed E-state index contributed by atoms with van der Waals surface area (Å²) in [5.41, 5.74) is 4.23. The van der Waals surface area contributed by atoms with Crippen LogP contribution in [-0.2, 0) is 6.54 Å². The molecule has 0 amide bonds. The summed E-state index contributed by atoms with van der Waals surface area (Å²) >= 11 is 2.03. The Kier molecular flexibility index (Phi) is 5.46. The maximum Gasteiger partial charge on any atom is 0.203 e. The van der Waals surface area contributed by atoms with Gasteiger partial charge in [-0.05, 0) is 36.3 Å². The van der Waals surface area contributed by atoms with Crippen LogP contribution < -0.4 is 19.1 Å². The first-order chi connectivity index (χ1) is 14.7. The number of benzene rings is 2. The highest BCUT2D eigenvalue weighted by Crippen LogP contribution is 2.50. The van der Waals surface area contributed by atoms with Gasteiger partial charge >= 0.3 is 0 Å².